The van der Waals surface area contributed by atoms with Crippen molar-refractivity contribution >= 4 is 76.8 Å². The van der Waals surface area contributed by atoms with Gasteiger partial charge in [-0.2, -0.15) is 0 Å². The zero-order chi connectivity index (χ0) is 40.4. The van der Waals surface area contributed by atoms with Crippen molar-refractivity contribution in [2.24, 2.45) is 0 Å². The molecular formula is C58H43NO. The van der Waals surface area contributed by atoms with Crippen molar-refractivity contribution in [3.05, 3.63) is 242 Å². The molecule has 0 radical (unpaired) electrons. The van der Waals surface area contributed by atoms with E-state index in [1.54, 1.807) is 0 Å². The lowest BCUT2D eigenvalue weighted by atomic mass is 9.94. The number of furan rings is 1. The Morgan fingerprint density at radius 1 is 0.550 bits per heavy atom. The summed E-state index contributed by atoms with van der Waals surface area (Å²) in [6.07, 6.45) is 15.6. The molecule has 1 heterocycles. The molecule has 10 aromatic rings. The van der Waals surface area contributed by atoms with Gasteiger partial charge in [0.15, 0.2) is 0 Å². The first kappa shape index (κ1) is 36.6. The van der Waals surface area contributed by atoms with E-state index in [1.165, 1.54) is 54.2 Å². The maximum Gasteiger partial charge on any atom is 0.139 e. The Kier molecular flexibility index (Phi) is 9.73. The van der Waals surface area contributed by atoms with Gasteiger partial charge in [0.05, 0.1) is 0 Å². The summed E-state index contributed by atoms with van der Waals surface area (Å²) in [6, 6.07) is 62.7. The van der Waals surface area contributed by atoms with Crippen LogP contribution in [0.25, 0.3) is 82.2 Å². The molecule has 0 spiro atoms. The number of nitrogens with zero attached hydrogens (tertiary/aromatic N) is 1. The molecule has 0 saturated carbocycles. The molecule has 0 saturated heterocycles. The minimum absolute atomic E-state index is 0.0506. The molecule has 286 valence electrons. The molecule has 0 aliphatic heterocycles. The second kappa shape index (κ2) is 15.9. The molecule has 2 heteroatoms. The van der Waals surface area contributed by atoms with Crippen LogP contribution in [0.1, 0.15) is 23.5 Å². The van der Waals surface area contributed by atoms with E-state index in [0.717, 1.165) is 50.9 Å². The molecule has 1 aromatic heterocycles. The number of fused-ring (bicyclic) bond motifs is 9. The lowest BCUT2D eigenvalue weighted by Crippen LogP contribution is -2.13. The number of anilines is 1. The van der Waals surface area contributed by atoms with Crippen LogP contribution in [-0.4, -0.2) is 0 Å². The predicted molar refractivity (Wildman–Crippen MR) is 259 cm³/mol. The molecule has 1 atom stereocenters. The van der Waals surface area contributed by atoms with Crippen LogP contribution in [0.4, 0.5) is 5.69 Å². The molecule has 10 rings (SSSR count). The Morgan fingerprint density at radius 3 is 2.03 bits per heavy atom. The zero-order valence-electron chi connectivity index (χ0n) is 33.3. The Bertz CT molecular complexity index is 3360. The maximum atomic E-state index is 6.43. The van der Waals surface area contributed by atoms with Crippen LogP contribution in [0.2, 0.25) is 0 Å². The Morgan fingerprint density at radius 2 is 1.20 bits per heavy atom. The van der Waals surface area contributed by atoms with Crippen molar-refractivity contribution in [3.8, 4) is 11.1 Å². The minimum atomic E-state index is 0.0506. The van der Waals surface area contributed by atoms with E-state index in [2.05, 4.69) is 218 Å². The highest BCUT2D eigenvalue weighted by molar-refractivity contribution is 6.11. The minimum Gasteiger partial charge on any atom is -0.456 e. The van der Waals surface area contributed by atoms with Crippen LogP contribution in [0, 0.1) is 0 Å². The molecule has 2 nitrogen and oxygen atoms in total. The molecule has 0 N–H and O–H groups in total. The molecule has 0 bridgehead atoms. The van der Waals surface area contributed by atoms with Gasteiger partial charge in [0.2, 0.25) is 0 Å². The van der Waals surface area contributed by atoms with Crippen molar-refractivity contribution in [2.45, 2.75) is 12.3 Å². The largest absolute Gasteiger partial charge is 0.456 e. The van der Waals surface area contributed by atoms with Crippen LogP contribution in [0.3, 0.4) is 0 Å². The lowest BCUT2D eigenvalue weighted by molar-refractivity contribution is 0.657. The normalized spacial score (nSPS) is 12.6. The summed E-state index contributed by atoms with van der Waals surface area (Å²) < 4.78 is 6.43. The molecule has 9 aromatic carbocycles. The zero-order valence-corrected chi connectivity index (χ0v) is 33.3. The molecule has 0 fully saturated rings. The van der Waals surface area contributed by atoms with Crippen molar-refractivity contribution < 1.29 is 4.42 Å². The van der Waals surface area contributed by atoms with Crippen LogP contribution < -0.4 is 4.90 Å². The van der Waals surface area contributed by atoms with Gasteiger partial charge in [0, 0.05) is 39.8 Å². The SMILES string of the molecule is C=CC(C/C=C/N(C(=C)/C=C\C=C\c1cc2ccccc2c2ccccc12)c1cccc(-c2ccc3ccc4ccccc4c3c2)c1)c1cccc2c1oc1ccccc12. The first-order chi connectivity index (χ1) is 29.6. The Balaban J connectivity index is 0.989. The average Bonchev–Trinajstić information content (AvgIpc) is 3.69. The van der Waals surface area contributed by atoms with Crippen molar-refractivity contribution in [1.29, 1.82) is 0 Å². The first-order valence-corrected chi connectivity index (χ1v) is 20.6. The number of benzene rings is 9. The maximum absolute atomic E-state index is 6.43. The van der Waals surface area contributed by atoms with E-state index >= 15 is 0 Å². The number of rotatable bonds is 11. The van der Waals surface area contributed by atoms with Gasteiger partial charge in [0.25, 0.3) is 0 Å². The summed E-state index contributed by atoms with van der Waals surface area (Å²) in [5.41, 5.74) is 8.31. The molecule has 0 aliphatic rings. The molecular weight excluding hydrogens is 727 g/mol. The summed E-state index contributed by atoms with van der Waals surface area (Å²) in [5.74, 6) is 0.0506. The van der Waals surface area contributed by atoms with Gasteiger partial charge in [-0.15, -0.1) is 6.58 Å². The van der Waals surface area contributed by atoms with E-state index in [1.807, 2.05) is 18.2 Å². The van der Waals surface area contributed by atoms with Crippen molar-refractivity contribution in [2.75, 3.05) is 4.90 Å². The fourth-order valence-corrected chi connectivity index (χ4v) is 8.72. The molecule has 1 unspecified atom stereocenters. The summed E-state index contributed by atoms with van der Waals surface area (Å²) in [4.78, 5) is 2.18. The van der Waals surface area contributed by atoms with Crippen molar-refractivity contribution in [3.63, 3.8) is 0 Å². The Labute approximate surface area is 350 Å². The third-order valence-electron chi connectivity index (χ3n) is 11.8. The van der Waals surface area contributed by atoms with E-state index in [4.69, 9.17) is 4.42 Å². The number of hydrogen-bond acceptors (Lipinski definition) is 2. The van der Waals surface area contributed by atoms with Crippen LogP contribution in [-0.2, 0) is 0 Å². The van der Waals surface area contributed by atoms with E-state index < -0.39 is 0 Å². The van der Waals surface area contributed by atoms with E-state index in [-0.39, 0.29) is 5.92 Å². The van der Waals surface area contributed by atoms with Gasteiger partial charge >= 0.3 is 0 Å². The second-order valence-corrected chi connectivity index (χ2v) is 15.4. The summed E-state index contributed by atoms with van der Waals surface area (Å²) >= 11 is 0. The molecule has 60 heavy (non-hydrogen) atoms. The highest BCUT2D eigenvalue weighted by Gasteiger charge is 2.16. The quantitative estimate of drug-likeness (QED) is 0.0740. The second-order valence-electron chi connectivity index (χ2n) is 15.4. The van der Waals surface area contributed by atoms with Gasteiger partial charge in [-0.1, -0.05) is 183 Å². The standard InChI is InChI=1S/C58H43NO/c1-3-41(52-29-15-30-55-54-28-12-13-31-57(54)60-58(52)55)22-16-36-59(40(2)17-4-5-19-46-37-47-20-7-9-25-50(47)53-27-11-10-26-51(46)53)48-23-14-21-44(38-48)45-35-34-43-33-32-42-18-6-8-24-49(42)56(43)39-45/h3-21,23-39,41H,1-2,22H2/b17-4-,19-5+,36-16+. The fourth-order valence-electron chi connectivity index (χ4n) is 8.72. The smallest absolute Gasteiger partial charge is 0.139 e. The van der Waals surface area contributed by atoms with Crippen molar-refractivity contribution in [1.82, 2.24) is 0 Å². The summed E-state index contributed by atoms with van der Waals surface area (Å²) in [7, 11) is 0. The monoisotopic (exact) mass is 769 g/mol. The summed E-state index contributed by atoms with van der Waals surface area (Å²) in [5, 5.41) is 12.2. The van der Waals surface area contributed by atoms with Crippen LogP contribution in [0.5, 0.6) is 0 Å². The Hall–Kier alpha value is -7.68. The van der Waals surface area contributed by atoms with Crippen LogP contribution >= 0.6 is 0 Å². The third kappa shape index (κ3) is 6.89. The number of para-hydroxylation sites is 2. The highest BCUT2D eigenvalue weighted by atomic mass is 16.3. The molecule has 0 aliphatic carbocycles. The van der Waals surface area contributed by atoms with Gasteiger partial charge in [-0.05, 0) is 103 Å². The third-order valence-corrected chi connectivity index (χ3v) is 11.8. The van der Waals surface area contributed by atoms with Gasteiger partial charge < -0.3 is 9.32 Å². The number of allylic oxidation sites excluding steroid dienone is 5. The predicted octanol–water partition coefficient (Wildman–Crippen LogP) is 16.3. The van der Waals surface area contributed by atoms with E-state index in [0.29, 0.717) is 0 Å². The van der Waals surface area contributed by atoms with Gasteiger partial charge in [-0.3, -0.25) is 0 Å². The van der Waals surface area contributed by atoms with Gasteiger partial charge in [-0.25, -0.2) is 0 Å². The fraction of sp³-hybridized carbons (Fsp3) is 0.0345. The van der Waals surface area contributed by atoms with Gasteiger partial charge in [0.1, 0.15) is 11.2 Å². The highest BCUT2D eigenvalue weighted by Crippen LogP contribution is 2.37. The van der Waals surface area contributed by atoms with Crippen LogP contribution in [0.15, 0.2) is 236 Å². The first-order valence-electron chi connectivity index (χ1n) is 20.6. The summed E-state index contributed by atoms with van der Waals surface area (Å²) in [6.45, 7) is 8.86. The lowest BCUT2D eigenvalue weighted by Gasteiger charge is -2.22. The van der Waals surface area contributed by atoms with E-state index in [9.17, 15) is 0 Å². The topological polar surface area (TPSA) is 16.4 Å². The molecule has 0 amide bonds. The number of hydrogen-bond donors (Lipinski definition) is 0. The average molecular weight is 770 g/mol.